The number of rotatable bonds is 10. The van der Waals surface area contributed by atoms with Crippen LogP contribution in [0.3, 0.4) is 0 Å². The number of piperidine rings is 1. The molecule has 3 heterocycles. The fraction of sp³-hybridized carbons (Fsp3) is 0.593. The van der Waals surface area contributed by atoms with Gasteiger partial charge in [0, 0.05) is 68.9 Å². The summed E-state index contributed by atoms with van der Waals surface area (Å²) in [5, 5.41) is 9.30. The van der Waals surface area contributed by atoms with Crippen LogP contribution in [0, 0.1) is 29.4 Å². The van der Waals surface area contributed by atoms with Gasteiger partial charge in [-0.05, 0) is 43.4 Å². The van der Waals surface area contributed by atoms with E-state index in [4.69, 9.17) is 9.47 Å². The first-order valence-corrected chi connectivity index (χ1v) is 13.0. The van der Waals surface area contributed by atoms with Crippen LogP contribution in [0.1, 0.15) is 36.8 Å². The van der Waals surface area contributed by atoms with Crippen molar-refractivity contribution in [1.29, 1.82) is 0 Å². The lowest BCUT2D eigenvalue weighted by atomic mass is 9.90. The van der Waals surface area contributed by atoms with Gasteiger partial charge in [0.05, 0.1) is 25.7 Å². The lowest BCUT2D eigenvalue weighted by Gasteiger charge is -2.36. The Morgan fingerprint density at radius 2 is 1.81 bits per heavy atom. The van der Waals surface area contributed by atoms with Gasteiger partial charge < -0.3 is 24.4 Å². The summed E-state index contributed by atoms with van der Waals surface area (Å²) in [4.78, 5) is 24.7. The number of likely N-dealkylation sites (tertiary alicyclic amines) is 1. The molecule has 1 aromatic carbocycles. The van der Waals surface area contributed by atoms with E-state index in [1.165, 1.54) is 11.3 Å². The number of carbonyl (C=O) groups excluding carboxylic acids is 1. The predicted octanol–water partition coefficient (Wildman–Crippen LogP) is 2.97. The summed E-state index contributed by atoms with van der Waals surface area (Å²) in [6.45, 7) is 3.23. The van der Waals surface area contributed by atoms with Crippen LogP contribution in [-0.4, -0.2) is 71.9 Å². The number of aliphatic hydroxyl groups excluding tert-OH is 1. The molecule has 2 aromatic rings. The molecule has 1 aromatic heterocycles. The number of halogens is 2. The molecule has 3 aliphatic rings. The number of benzene rings is 1. The Labute approximate surface area is 215 Å². The molecule has 0 spiro atoms. The molecule has 0 radical (unpaired) electrons. The normalized spacial score (nSPS) is 22.2. The van der Waals surface area contributed by atoms with Crippen molar-refractivity contribution in [2.45, 2.75) is 44.8 Å². The van der Waals surface area contributed by atoms with Crippen LogP contribution in [0.5, 0.6) is 5.75 Å². The Bertz CT molecular complexity index is 1070. The Morgan fingerprint density at radius 1 is 1.14 bits per heavy atom. The SMILES string of the molecule is COCc1cnc(N2CCC(C3C[C@H]3CCOc3cc(F)c(CC(=O)N4CC(O)C4)c(F)c3)CC2)nc1. The van der Waals surface area contributed by atoms with Gasteiger partial charge >= 0.3 is 0 Å². The number of β-amino-alcohol motifs (C(OH)–C–C–N with tert-alkyl or cyclic N) is 1. The summed E-state index contributed by atoms with van der Waals surface area (Å²) < 4.78 is 39.8. The third-order valence-electron chi connectivity index (χ3n) is 7.82. The largest absolute Gasteiger partial charge is 0.493 e. The fourth-order valence-electron chi connectivity index (χ4n) is 5.54. The van der Waals surface area contributed by atoms with Crippen molar-refractivity contribution < 1.29 is 28.2 Å². The molecule has 10 heteroatoms. The van der Waals surface area contributed by atoms with E-state index < -0.39 is 23.6 Å². The van der Waals surface area contributed by atoms with Crippen LogP contribution < -0.4 is 9.64 Å². The van der Waals surface area contributed by atoms with E-state index in [1.807, 2.05) is 12.4 Å². The summed E-state index contributed by atoms with van der Waals surface area (Å²) in [6, 6.07) is 2.31. The quantitative estimate of drug-likeness (QED) is 0.520. The zero-order chi connectivity index (χ0) is 25.9. The monoisotopic (exact) mass is 516 g/mol. The average molecular weight is 517 g/mol. The first-order valence-electron chi connectivity index (χ1n) is 13.0. The van der Waals surface area contributed by atoms with Crippen LogP contribution >= 0.6 is 0 Å². The molecule has 2 atom stereocenters. The van der Waals surface area contributed by atoms with Gasteiger partial charge in [-0.1, -0.05) is 0 Å². The van der Waals surface area contributed by atoms with Crippen molar-refractivity contribution in [3.63, 3.8) is 0 Å². The van der Waals surface area contributed by atoms with Gasteiger partial charge in [-0.3, -0.25) is 4.79 Å². The van der Waals surface area contributed by atoms with Gasteiger partial charge in [-0.25, -0.2) is 18.7 Å². The number of nitrogens with zero attached hydrogens (tertiary/aromatic N) is 4. The summed E-state index contributed by atoms with van der Waals surface area (Å²) in [5.41, 5.74) is 0.702. The van der Waals surface area contributed by atoms with E-state index in [9.17, 15) is 18.7 Å². The van der Waals surface area contributed by atoms with E-state index in [-0.39, 0.29) is 30.8 Å². The number of hydrogen-bond donors (Lipinski definition) is 1. The van der Waals surface area contributed by atoms with E-state index in [0.717, 1.165) is 56.0 Å². The van der Waals surface area contributed by atoms with Crippen molar-refractivity contribution >= 4 is 11.9 Å². The molecule has 3 fully saturated rings. The van der Waals surface area contributed by atoms with Gasteiger partial charge in [0.25, 0.3) is 0 Å². The number of hydrogen-bond acceptors (Lipinski definition) is 7. The summed E-state index contributed by atoms with van der Waals surface area (Å²) in [7, 11) is 1.65. The van der Waals surface area contributed by atoms with E-state index in [0.29, 0.717) is 31.0 Å². The standard InChI is InChI=1S/C27H34F2N4O4/c1-36-16-17-12-30-27(31-13-17)32-5-2-18(3-6-32)22-8-19(22)4-7-37-21-9-24(28)23(25(29)10-21)11-26(35)33-14-20(34)15-33/h9-10,12-13,18-20,22,34H,2-8,11,14-16H2,1H3/t19-,22?/m1/s1. The third kappa shape index (κ3) is 6.18. The van der Waals surface area contributed by atoms with Gasteiger partial charge in [0.15, 0.2) is 0 Å². The number of amides is 1. The minimum Gasteiger partial charge on any atom is -0.493 e. The number of methoxy groups -OCH3 is 1. The Morgan fingerprint density at radius 3 is 2.43 bits per heavy atom. The topological polar surface area (TPSA) is 88.0 Å². The average Bonchev–Trinajstić information content (AvgIpc) is 3.64. The second kappa shape index (κ2) is 11.3. The molecular formula is C27H34F2N4O4. The van der Waals surface area contributed by atoms with Gasteiger partial charge in [0.1, 0.15) is 17.4 Å². The van der Waals surface area contributed by atoms with E-state index in [2.05, 4.69) is 14.9 Å². The molecule has 1 unspecified atom stereocenters. The first kappa shape index (κ1) is 25.8. The molecule has 5 rings (SSSR count). The molecule has 200 valence electrons. The zero-order valence-electron chi connectivity index (χ0n) is 21.1. The highest BCUT2D eigenvalue weighted by molar-refractivity contribution is 5.79. The minimum atomic E-state index is -0.780. The third-order valence-corrected chi connectivity index (χ3v) is 7.82. The van der Waals surface area contributed by atoms with Crippen molar-refractivity contribution in [3.05, 3.63) is 47.3 Å². The van der Waals surface area contributed by atoms with Gasteiger partial charge in [-0.15, -0.1) is 0 Å². The molecular weight excluding hydrogens is 482 g/mol. The minimum absolute atomic E-state index is 0.146. The molecule has 37 heavy (non-hydrogen) atoms. The number of aromatic nitrogens is 2. The zero-order valence-corrected chi connectivity index (χ0v) is 21.1. The van der Waals surface area contributed by atoms with Crippen LogP contribution in [0.2, 0.25) is 0 Å². The summed E-state index contributed by atoms with van der Waals surface area (Å²) in [5.74, 6) is 0.900. The van der Waals surface area contributed by atoms with Crippen LogP contribution in [0.15, 0.2) is 24.5 Å². The van der Waals surface area contributed by atoms with Crippen LogP contribution in [-0.2, 0) is 22.6 Å². The van der Waals surface area contributed by atoms with E-state index >= 15 is 0 Å². The Balaban J connectivity index is 1.03. The molecule has 1 saturated carbocycles. The van der Waals surface area contributed by atoms with Crippen LogP contribution in [0.4, 0.5) is 14.7 Å². The molecule has 8 nitrogen and oxygen atoms in total. The van der Waals surface area contributed by atoms with E-state index in [1.54, 1.807) is 7.11 Å². The van der Waals surface area contributed by atoms with Gasteiger partial charge in [-0.2, -0.15) is 0 Å². The number of aliphatic hydroxyl groups is 1. The predicted molar refractivity (Wildman–Crippen MR) is 132 cm³/mol. The molecule has 1 N–H and O–H groups in total. The molecule has 2 aliphatic heterocycles. The first-order chi connectivity index (χ1) is 17.9. The second-order valence-electron chi connectivity index (χ2n) is 10.4. The number of carbonyl (C=O) groups is 1. The molecule has 0 bridgehead atoms. The van der Waals surface area contributed by atoms with Crippen molar-refractivity contribution in [2.75, 3.05) is 44.8 Å². The molecule has 1 aliphatic carbocycles. The van der Waals surface area contributed by atoms with Crippen molar-refractivity contribution in [3.8, 4) is 5.75 Å². The molecule has 1 amide bonds. The summed E-state index contributed by atoms with van der Waals surface area (Å²) >= 11 is 0. The fourth-order valence-corrected chi connectivity index (χ4v) is 5.54. The van der Waals surface area contributed by atoms with Gasteiger partial charge in [0.2, 0.25) is 11.9 Å². The highest BCUT2D eigenvalue weighted by atomic mass is 19.1. The number of anilines is 1. The second-order valence-corrected chi connectivity index (χ2v) is 10.4. The number of ether oxygens (including phenoxy) is 2. The highest BCUT2D eigenvalue weighted by Crippen LogP contribution is 2.49. The smallest absolute Gasteiger partial charge is 0.227 e. The lowest BCUT2D eigenvalue weighted by Crippen LogP contribution is -2.54. The lowest BCUT2D eigenvalue weighted by molar-refractivity contribution is -0.140. The maximum atomic E-state index is 14.5. The maximum absolute atomic E-state index is 14.5. The Kier molecular flexibility index (Phi) is 7.85. The summed E-state index contributed by atoms with van der Waals surface area (Å²) in [6.07, 6.45) is 6.97. The van der Waals surface area contributed by atoms with Crippen LogP contribution in [0.25, 0.3) is 0 Å². The Hall–Kier alpha value is -2.85. The maximum Gasteiger partial charge on any atom is 0.227 e. The van der Waals surface area contributed by atoms with Crippen molar-refractivity contribution in [1.82, 2.24) is 14.9 Å². The molecule has 2 saturated heterocycles. The van der Waals surface area contributed by atoms with Crippen molar-refractivity contribution in [2.24, 2.45) is 17.8 Å². The highest BCUT2D eigenvalue weighted by Gasteiger charge is 2.43.